The molecule has 4 nitrogen and oxygen atoms in total. The summed E-state index contributed by atoms with van der Waals surface area (Å²) in [7, 11) is 0. The summed E-state index contributed by atoms with van der Waals surface area (Å²) < 4.78 is 10.3. The fourth-order valence-corrected chi connectivity index (χ4v) is 1.84. The van der Waals surface area contributed by atoms with Crippen LogP contribution in [-0.2, 0) is 9.53 Å². The molecule has 0 amide bonds. The van der Waals surface area contributed by atoms with Crippen LogP contribution in [0.2, 0.25) is 0 Å². The highest BCUT2D eigenvalue weighted by atomic mass is 16.6. The molecule has 86 valence electrons. The summed E-state index contributed by atoms with van der Waals surface area (Å²) in [5.74, 6) is 0.160. The molecule has 0 radical (unpaired) electrons. The Kier molecular flexibility index (Phi) is 2.40. The van der Waals surface area contributed by atoms with E-state index in [-0.39, 0.29) is 5.97 Å². The molecule has 0 N–H and O–H groups in total. The van der Waals surface area contributed by atoms with E-state index >= 15 is 0 Å². The molecule has 2 heterocycles. The van der Waals surface area contributed by atoms with Gasteiger partial charge in [-0.2, -0.15) is 0 Å². The number of nitrogens with zero attached hydrogens (tertiary/aromatic N) is 1. The molecule has 2 aromatic rings. The van der Waals surface area contributed by atoms with Crippen molar-refractivity contribution in [2.75, 3.05) is 6.61 Å². The minimum absolute atomic E-state index is 0.306. The third kappa shape index (κ3) is 1.93. The van der Waals surface area contributed by atoms with Gasteiger partial charge in [0.2, 0.25) is 12.0 Å². The van der Waals surface area contributed by atoms with Gasteiger partial charge in [0, 0.05) is 17.9 Å². The van der Waals surface area contributed by atoms with Crippen molar-refractivity contribution in [3.8, 4) is 5.88 Å². The molecule has 0 spiro atoms. The number of para-hydroxylation sites is 1. The zero-order valence-electron chi connectivity index (χ0n) is 9.13. The number of hydrogen-bond acceptors (Lipinski definition) is 4. The highest BCUT2D eigenvalue weighted by Gasteiger charge is 2.28. The van der Waals surface area contributed by atoms with Crippen LogP contribution in [0.25, 0.3) is 10.9 Å². The molecular weight excluding hydrogens is 218 g/mol. The number of esters is 1. The first-order valence-electron chi connectivity index (χ1n) is 5.52. The number of benzene rings is 1. The van der Waals surface area contributed by atoms with Gasteiger partial charge in [-0.15, -0.1) is 0 Å². The SMILES string of the molecule is O=C1OCCC1Oc1ccc2ccccc2n1. The van der Waals surface area contributed by atoms with Crippen molar-refractivity contribution in [1.82, 2.24) is 4.98 Å². The first-order valence-corrected chi connectivity index (χ1v) is 5.52. The molecule has 17 heavy (non-hydrogen) atoms. The van der Waals surface area contributed by atoms with Crippen molar-refractivity contribution in [1.29, 1.82) is 0 Å². The first kappa shape index (κ1) is 10.1. The number of cyclic esters (lactones) is 1. The molecule has 0 bridgehead atoms. The zero-order chi connectivity index (χ0) is 11.7. The Morgan fingerprint density at radius 3 is 2.94 bits per heavy atom. The summed E-state index contributed by atoms with van der Waals surface area (Å²) >= 11 is 0. The van der Waals surface area contributed by atoms with Gasteiger partial charge in [-0.25, -0.2) is 9.78 Å². The molecule has 1 fully saturated rings. The Morgan fingerprint density at radius 1 is 1.24 bits per heavy atom. The summed E-state index contributed by atoms with van der Waals surface area (Å²) in [5.41, 5.74) is 0.858. The molecule has 1 atom stereocenters. The monoisotopic (exact) mass is 229 g/mol. The maximum absolute atomic E-state index is 11.3. The summed E-state index contributed by atoms with van der Waals surface area (Å²) in [5, 5.41) is 1.05. The summed E-state index contributed by atoms with van der Waals surface area (Å²) in [6.45, 7) is 0.428. The van der Waals surface area contributed by atoms with Gasteiger partial charge in [0.05, 0.1) is 12.1 Å². The molecular formula is C13H11NO3. The van der Waals surface area contributed by atoms with Crippen LogP contribution in [-0.4, -0.2) is 23.7 Å². The molecule has 4 heteroatoms. The first-order chi connectivity index (χ1) is 8.33. The minimum Gasteiger partial charge on any atom is -0.463 e. The number of carbonyl (C=O) groups excluding carboxylic acids is 1. The van der Waals surface area contributed by atoms with Gasteiger partial charge in [0.1, 0.15) is 0 Å². The van der Waals surface area contributed by atoms with Crippen molar-refractivity contribution in [3.05, 3.63) is 36.4 Å². The lowest BCUT2D eigenvalue weighted by molar-refractivity contribution is -0.143. The highest BCUT2D eigenvalue weighted by Crippen LogP contribution is 2.19. The fraction of sp³-hybridized carbons (Fsp3) is 0.231. The number of rotatable bonds is 2. The van der Waals surface area contributed by atoms with E-state index < -0.39 is 6.10 Å². The smallest absolute Gasteiger partial charge is 0.347 e. The van der Waals surface area contributed by atoms with E-state index in [0.29, 0.717) is 18.9 Å². The van der Waals surface area contributed by atoms with Gasteiger partial charge in [-0.3, -0.25) is 0 Å². The molecule has 1 aliphatic rings. The molecule has 1 aromatic heterocycles. The number of fused-ring (bicyclic) bond motifs is 1. The second-order valence-corrected chi connectivity index (χ2v) is 3.90. The maximum atomic E-state index is 11.3. The van der Waals surface area contributed by atoms with Crippen LogP contribution in [0.5, 0.6) is 5.88 Å². The lowest BCUT2D eigenvalue weighted by atomic mass is 10.2. The Bertz CT molecular complexity index is 567. The third-order valence-corrected chi connectivity index (χ3v) is 2.72. The van der Waals surface area contributed by atoms with Crippen LogP contribution in [0.15, 0.2) is 36.4 Å². The van der Waals surface area contributed by atoms with Crippen molar-refractivity contribution >= 4 is 16.9 Å². The number of aromatic nitrogens is 1. The number of pyridine rings is 1. The Morgan fingerprint density at radius 2 is 2.12 bits per heavy atom. The summed E-state index contributed by atoms with van der Waals surface area (Å²) in [6.07, 6.45) is 0.0801. The minimum atomic E-state index is -0.510. The zero-order valence-corrected chi connectivity index (χ0v) is 9.13. The summed E-state index contributed by atoms with van der Waals surface area (Å²) in [4.78, 5) is 15.6. The van der Waals surface area contributed by atoms with Crippen molar-refractivity contribution in [2.24, 2.45) is 0 Å². The number of carbonyl (C=O) groups is 1. The predicted molar refractivity (Wildman–Crippen MR) is 61.7 cm³/mol. The van der Waals surface area contributed by atoms with E-state index in [9.17, 15) is 4.79 Å². The quantitative estimate of drug-likeness (QED) is 0.738. The van der Waals surface area contributed by atoms with Crippen LogP contribution >= 0.6 is 0 Å². The maximum Gasteiger partial charge on any atom is 0.347 e. The van der Waals surface area contributed by atoms with Crippen LogP contribution in [0.3, 0.4) is 0 Å². The average molecular weight is 229 g/mol. The van der Waals surface area contributed by atoms with Gasteiger partial charge < -0.3 is 9.47 Å². The molecule has 1 aromatic carbocycles. The number of ether oxygens (including phenoxy) is 2. The normalized spacial score (nSPS) is 19.3. The molecule has 3 rings (SSSR count). The molecule has 1 aliphatic heterocycles. The lowest BCUT2D eigenvalue weighted by Gasteiger charge is -2.09. The second kappa shape index (κ2) is 4.05. The third-order valence-electron chi connectivity index (χ3n) is 2.72. The van der Waals surface area contributed by atoms with E-state index in [0.717, 1.165) is 10.9 Å². The van der Waals surface area contributed by atoms with Gasteiger partial charge in [-0.1, -0.05) is 18.2 Å². The van der Waals surface area contributed by atoms with Gasteiger partial charge in [0.15, 0.2) is 0 Å². The topological polar surface area (TPSA) is 48.4 Å². The van der Waals surface area contributed by atoms with E-state index in [2.05, 4.69) is 4.98 Å². The predicted octanol–water partition coefficient (Wildman–Crippen LogP) is 1.93. The molecule has 0 aliphatic carbocycles. The van der Waals surface area contributed by atoms with Crippen LogP contribution in [0, 0.1) is 0 Å². The fourth-order valence-electron chi connectivity index (χ4n) is 1.84. The van der Waals surface area contributed by atoms with E-state index in [4.69, 9.17) is 9.47 Å². The Balaban J connectivity index is 1.88. The molecule has 0 saturated carbocycles. The van der Waals surface area contributed by atoms with Gasteiger partial charge in [-0.05, 0) is 12.1 Å². The molecule has 1 saturated heterocycles. The van der Waals surface area contributed by atoms with Crippen molar-refractivity contribution < 1.29 is 14.3 Å². The van der Waals surface area contributed by atoms with Gasteiger partial charge in [0.25, 0.3) is 0 Å². The van der Waals surface area contributed by atoms with Crippen molar-refractivity contribution in [3.63, 3.8) is 0 Å². The van der Waals surface area contributed by atoms with Crippen LogP contribution in [0.1, 0.15) is 6.42 Å². The Labute approximate surface area is 98.2 Å². The standard InChI is InChI=1S/C13H11NO3/c15-13-11(7-8-16-13)17-12-6-5-9-3-1-2-4-10(9)14-12/h1-6,11H,7-8H2. The van der Waals surface area contributed by atoms with E-state index in [1.54, 1.807) is 6.07 Å². The van der Waals surface area contributed by atoms with Crippen molar-refractivity contribution in [2.45, 2.75) is 12.5 Å². The largest absolute Gasteiger partial charge is 0.463 e. The van der Waals surface area contributed by atoms with Crippen LogP contribution < -0.4 is 4.74 Å². The van der Waals surface area contributed by atoms with Crippen LogP contribution in [0.4, 0.5) is 0 Å². The van der Waals surface area contributed by atoms with E-state index in [1.165, 1.54) is 0 Å². The molecule has 1 unspecified atom stereocenters. The highest BCUT2D eigenvalue weighted by molar-refractivity contribution is 5.79. The van der Waals surface area contributed by atoms with Gasteiger partial charge >= 0.3 is 5.97 Å². The lowest BCUT2D eigenvalue weighted by Crippen LogP contribution is -2.22. The second-order valence-electron chi connectivity index (χ2n) is 3.90. The van der Waals surface area contributed by atoms with E-state index in [1.807, 2.05) is 30.3 Å². The summed E-state index contributed by atoms with van der Waals surface area (Å²) in [6, 6.07) is 11.5. The number of hydrogen-bond donors (Lipinski definition) is 0. The Hall–Kier alpha value is -2.10. The average Bonchev–Trinajstić information content (AvgIpc) is 2.75.